The zero-order valence-electron chi connectivity index (χ0n) is 12.7. The molecule has 1 N–H and O–H groups in total. The molecule has 0 spiro atoms. The maximum absolute atomic E-state index is 12.2. The summed E-state index contributed by atoms with van der Waals surface area (Å²) < 4.78 is 5.12. The summed E-state index contributed by atoms with van der Waals surface area (Å²) >= 11 is 1.64. The van der Waals surface area contributed by atoms with Crippen LogP contribution in [0.3, 0.4) is 0 Å². The van der Waals surface area contributed by atoms with Gasteiger partial charge in [-0.25, -0.2) is 9.79 Å². The van der Waals surface area contributed by atoms with Gasteiger partial charge >= 0.3 is 6.03 Å². The molecule has 0 aromatic heterocycles. The SMILES string of the molecule is CCCCSC1=NC2C(C(=O)NC(=O)N2C)N1CCOC. The van der Waals surface area contributed by atoms with Crippen molar-refractivity contribution in [3.63, 3.8) is 0 Å². The number of nitrogens with zero attached hydrogens (tertiary/aromatic N) is 3. The highest BCUT2D eigenvalue weighted by Gasteiger charge is 2.48. The summed E-state index contributed by atoms with van der Waals surface area (Å²) in [5.74, 6) is 0.673. The van der Waals surface area contributed by atoms with E-state index in [4.69, 9.17) is 4.74 Å². The van der Waals surface area contributed by atoms with E-state index in [0.29, 0.717) is 13.2 Å². The predicted molar refractivity (Wildman–Crippen MR) is 82.3 cm³/mol. The second-order valence-corrected chi connectivity index (χ2v) is 6.13. The lowest BCUT2D eigenvalue weighted by molar-refractivity contribution is -0.127. The van der Waals surface area contributed by atoms with E-state index in [1.54, 1.807) is 25.9 Å². The number of thioether (sulfide) groups is 1. The van der Waals surface area contributed by atoms with E-state index in [2.05, 4.69) is 17.2 Å². The minimum absolute atomic E-state index is 0.283. The first-order valence-corrected chi connectivity index (χ1v) is 8.12. The Morgan fingerprint density at radius 3 is 2.86 bits per heavy atom. The Labute approximate surface area is 129 Å². The van der Waals surface area contributed by atoms with Crippen molar-refractivity contribution < 1.29 is 14.3 Å². The van der Waals surface area contributed by atoms with Crippen LogP contribution in [0.4, 0.5) is 4.79 Å². The molecule has 2 atom stereocenters. The van der Waals surface area contributed by atoms with Crippen LogP contribution in [0.1, 0.15) is 19.8 Å². The second kappa shape index (κ2) is 7.13. The number of amides is 3. The highest BCUT2D eigenvalue weighted by atomic mass is 32.2. The molecule has 1 saturated heterocycles. The molecule has 2 heterocycles. The number of nitrogens with one attached hydrogen (secondary N) is 1. The van der Waals surface area contributed by atoms with Crippen LogP contribution in [0.5, 0.6) is 0 Å². The molecule has 118 valence electrons. The van der Waals surface area contributed by atoms with Gasteiger partial charge in [-0.15, -0.1) is 0 Å². The van der Waals surface area contributed by atoms with Gasteiger partial charge in [0, 0.05) is 26.5 Å². The topological polar surface area (TPSA) is 74.2 Å². The van der Waals surface area contributed by atoms with Gasteiger partial charge in [0.2, 0.25) is 0 Å². The molecule has 0 saturated carbocycles. The minimum atomic E-state index is -0.452. The summed E-state index contributed by atoms with van der Waals surface area (Å²) in [5, 5.41) is 3.20. The maximum atomic E-state index is 12.2. The van der Waals surface area contributed by atoms with Crippen LogP contribution in [-0.2, 0) is 9.53 Å². The lowest BCUT2D eigenvalue weighted by Gasteiger charge is -2.36. The Morgan fingerprint density at radius 2 is 2.19 bits per heavy atom. The molecule has 0 bridgehead atoms. The normalized spacial score (nSPS) is 25.0. The number of methoxy groups -OCH3 is 1. The van der Waals surface area contributed by atoms with Gasteiger partial charge in [-0.05, 0) is 6.42 Å². The van der Waals surface area contributed by atoms with Gasteiger partial charge in [0.1, 0.15) is 0 Å². The van der Waals surface area contributed by atoms with Crippen molar-refractivity contribution in [2.24, 2.45) is 4.99 Å². The molecule has 8 heteroatoms. The Bertz CT molecular complexity index is 443. The molecule has 2 rings (SSSR count). The van der Waals surface area contributed by atoms with Gasteiger partial charge in [0.15, 0.2) is 17.4 Å². The summed E-state index contributed by atoms with van der Waals surface area (Å²) in [6.07, 6.45) is 1.77. The summed E-state index contributed by atoms with van der Waals surface area (Å²) in [7, 11) is 3.29. The Balaban J connectivity index is 2.16. The van der Waals surface area contributed by atoms with E-state index >= 15 is 0 Å². The largest absolute Gasteiger partial charge is 0.383 e. The standard InChI is InChI=1S/C13H22N4O3S/c1-4-5-8-21-13-14-10-9(17(13)6-7-20-3)11(18)15-12(19)16(10)2/h9-10H,4-8H2,1-3H3,(H,15,18,19). The molecular weight excluding hydrogens is 292 g/mol. The number of carbonyl (C=O) groups excluding carboxylic acids is 2. The van der Waals surface area contributed by atoms with Crippen molar-refractivity contribution in [3.05, 3.63) is 0 Å². The zero-order chi connectivity index (χ0) is 15.4. The van der Waals surface area contributed by atoms with Gasteiger partial charge in [0.05, 0.1) is 6.61 Å². The number of urea groups is 1. The number of likely N-dealkylation sites (N-methyl/N-ethyl adjacent to an activating group) is 1. The number of hydrogen-bond acceptors (Lipinski definition) is 6. The number of amidine groups is 1. The first kappa shape index (κ1) is 16.1. The van der Waals surface area contributed by atoms with E-state index < -0.39 is 18.2 Å². The third kappa shape index (κ3) is 3.32. The number of carbonyl (C=O) groups is 2. The Morgan fingerprint density at radius 1 is 1.43 bits per heavy atom. The highest BCUT2D eigenvalue weighted by molar-refractivity contribution is 8.13. The number of aliphatic imine (C=N–C) groups is 1. The van der Waals surface area contributed by atoms with Gasteiger partial charge in [0.25, 0.3) is 5.91 Å². The number of imide groups is 1. The quantitative estimate of drug-likeness (QED) is 0.731. The summed E-state index contributed by atoms with van der Waals surface area (Å²) in [5.41, 5.74) is 0. The number of ether oxygens (including phenoxy) is 1. The van der Waals surface area contributed by atoms with E-state index in [-0.39, 0.29) is 5.91 Å². The van der Waals surface area contributed by atoms with Gasteiger partial charge in [-0.2, -0.15) is 0 Å². The third-order valence-corrected chi connectivity index (χ3v) is 4.68. The molecule has 2 aliphatic heterocycles. The molecule has 0 aliphatic carbocycles. The fourth-order valence-electron chi connectivity index (χ4n) is 2.35. The fraction of sp³-hybridized carbons (Fsp3) is 0.769. The average molecular weight is 314 g/mol. The molecule has 0 radical (unpaired) electrons. The van der Waals surface area contributed by atoms with Crippen LogP contribution < -0.4 is 5.32 Å². The predicted octanol–water partition coefficient (Wildman–Crippen LogP) is 0.714. The smallest absolute Gasteiger partial charge is 0.325 e. The van der Waals surface area contributed by atoms with Crippen LogP contribution in [0, 0.1) is 0 Å². The van der Waals surface area contributed by atoms with Gasteiger partial charge < -0.3 is 14.5 Å². The molecule has 2 unspecified atom stereocenters. The van der Waals surface area contributed by atoms with Crippen molar-refractivity contribution in [1.29, 1.82) is 0 Å². The number of rotatable bonds is 6. The van der Waals surface area contributed by atoms with Crippen molar-refractivity contribution in [2.75, 3.05) is 33.1 Å². The molecule has 0 aromatic carbocycles. The van der Waals surface area contributed by atoms with Gasteiger partial charge in [-0.3, -0.25) is 10.1 Å². The third-order valence-electron chi connectivity index (χ3n) is 3.59. The van der Waals surface area contributed by atoms with Crippen molar-refractivity contribution >= 4 is 28.9 Å². The maximum Gasteiger partial charge on any atom is 0.325 e. The summed E-state index contributed by atoms with van der Waals surface area (Å²) in [6, 6.07) is -0.844. The van der Waals surface area contributed by atoms with Crippen LogP contribution >= 0.6 is 11.8 Å². The fourth-order valence-corrected chi connectivity index (χ4v) is 3.52. The number of fused-ring (bicyclic) bond motifs is 1. The van der Waals surface area contributed by atoms with Crippen molar-refractivity contribution in [2.45, 2.75) is 32.0 Å². The average Bonchev–Trinajstić information content (AvgIpc) is 2.82. The molecule has 21 heavy (non-hydrogen) atoms. The van der Waals surface area contributed by atoms with Gasteiger partial charge in [-0.1, -0.05) is 25.1 Å². The van der Waals surface area contributed by atoms with Crippen LogP contribution in [0.25, 0.3) is 0 Å². The van der Waals surface area contributed by atoms with E-state index in [9.17, 15) is 9.59 Å². The zero-order valence-corrected chi connectivity index (χ0v) is 13.5. The second-order valence-electron chi connectivity index (χ2n) is 5.06. The lowest BCUT2D eigenvalue weighted by Crippen LogP contribution is -2.63. The lowest BCUT2D eigenvalue weighted by atomic mass is 10.1. The molecule has 2 aliphatic rings. The summed E-state index contributed by atoms with van der Waals surface area (Å²) in [4.78, 5) is 31.9. The highest BCUT2D eigenvalue weighted by Crippen LogP contribution is 2.28. The van der Waals surface area contributed by atoms with Crippen molar-refractivity contribution in [1.82, 2.24) is 15.1 Å². The molecular formula is C13H22N4O3S. The number of unbranched alkanes of at least 4 members (excludes halogenated alkanes) is 1. The molecule has 0 aromatic rings. The van der Waals surface area contributed by atoms with Crippen LogP contribution in [-0.4, -0.2) is 72.2 Å². The van der Waals surface area contributed by atoms with Crippen molar-refractivity contribution in [3.8, 4) is 0 Å². The van der Waals surface area contributed by atoms with E-state index in [1.165, 1.54) is 4.90 Å². The minimum Gasteiger partial charge on any atom is -0.383 e. The van der Waals surface area contributed by atoms with Crippen LogP contribution in [0.2, 0.25) is 0 Å². The van der Waals surface area contributed by atoms with E-state index in [1.807, 2.05) is 4.90 Å². The number of hydrogen-bond donors (Lipinski definition) is 1. The molecule has 1 fully saturated rings. The molecule has 7 nitrogen and oxygen atoms in total. The molecule has 3 amide bonds. The monoisotopic (exact) mass is 314 g/mol. The van der Waals surface area contributed by atoms with Crippen LogP contribution in [0.15, 0.2) is 4.99 Å². The first-order chi connectivity index (χ1) is 10.1. The first-order valence-electron chi connectivity index (χ1n) is 7.14. The van der Waals surface area contributed by atoms with E-state index in [0.717, 1.165) is 23.8 Å². The Hall–Kier alpha value is -1.28. The Kier molecular flexibility index (Phi) is 5.46. The summed E-state index contributed by atoms with van der Waals surface area (Å²) in [6.45, 7) is 3.24.